The van der Waals surface area contributed by atoms with Crippen LogP contribution in [0.25, 0.3) is 11.4 Å². The first-order valence-electron chi connectivity index (χ1n) is 6.64. The van der Waals surface area contributed by atoms with E-state index in [9.17, 15) is 4.79 Å². The van der Waals surface area contributed by atoms with Crippen molar-refractivity contribution in [3.63, 3.8) is 0 Å². The summed E-state index contributed by atoms with van der Waals surface area (Å²) >= 11 is 3.15. The number of nitrogens with one attached hydrogen (secondary N) is 1. The van der Waals surface area contributed by atoms with Gasteiger partial charge in [0.1, 0.15) is 0 Å². The highest BCUT2D eigenvalue weighted by molar-refractivity contribution is 9.10. The van der Waals surface area contributed by atoms with Crippen LogP contribution >= 0.6 is 15.9 Å². The Kier molecular flexibility index (Phi) is 4.34. The highest BCUT2D eigenvalue weighted by atomic mass is 79.9. The molecule has 2 aromatic heterocycles. The molecule has 0 aliphatic rings. The van der Waals surface area contributed by atoms with Gasteiger partial charge in [-0.3, -0.25) is 4.79 Å². The highest BCUT2D eigenvalue weighted by Gasteiger charge is 2.11. The van der Waals surface area contributed by atoms with Gasteiger partial charge in [-0.15, -0.1) is 0 Å². The molecule has 0 atom stereocenters. The maximum atomic E-state index is 11.8. The topological polar surface area (TPSA) is 81.2 Å². The Bertz CT molecular complexity index is 767. The molecule has 0 fully saturated rings. The van der Waals surface area contributed by atoms with Gasteiger partial charge in [0.2, 0.25) is 11.7 Å². The Hall–Kier alpha value is -2.41. The minimum absolute atomic E-state index is 0.252. The predicted octanol–water partition coefficient (Wildman–Crippen LogP) is 3.06. The highest BCUT2D eigenvalue weighted by Crippen LogP contribution is 2.15. The molecule has 3 aromatic rings. The van der Waals surface area contributed by atoms with Crippen LogP contribution < -0.4 is 5.32 Å². The van der Waals surface area contributed by atoms with E-state index < -0.39 is 0 Å². The molecule has 0 radical (unpaired) electrons. The first-order valence-corrected chi connectivity index (χ1v) is 7.43. The van der Waals surface area contributed by atoms with Crippen LogP contribution in [0.5, 0.6) is 0 Å². The molecular formula is C15H12BrN3O3. The number of halogens is 1. The molecule has 0 bridgehead atoms. The molecule has 1 aromatic carbocycles. The van der Waals surface area contributed by atoms with E-state index in [1.54, 1.807) is 12.1 Å². The predicted molar refractivity (Wildman–Crippen MR) is 82.2 cm³/mol. The lowest BCUT2D eigenvalue weighted by atomic mass is 10.2. The fraction of sp³-hybridized carbons (Fsp3) is 0.133. The molecule has 2 heterocycles. The molecule has 112 valence electrons. The Labute approximate surface area is 134 Å². The summed E-state index contributed by atoms with van der Waals surface area (Å²) in [5.41, 5.74) is 0.891. The van der Waals surface area contributed by atoms with E-state index in [1.165, 1.54) is 0 Å². The molecular weight excluding hydrogens is 350 g/mol. The van der Waals surface area contributed by atoms with E-state index in [0.29, 0.717) is 29.4 Å². The summed E-state index contributed by atoms with van der Waals surface area (Å²) < 4.78 is 10.8. The molecule has 22 heavy (non-hydrogen) atoms. The molecule has 6 nitrogen and oxygen atoms in total. The van der Waals surface area contributed by atoms with Gasteiger partial charge in [-0.05, 0) is 28.1 Å². The van der Waals surface area contributed by atoms with Crippen LogP contribution in [-0.2, 0) is 6.42 Å². The van der Waals surface area contributed by atoms with Crippen molar-refractivity contribution in [2.75, 3.05) is 6.54 Å². The summed E-state index contributed by atoms with van der Waals surface area (Å²) in [7, 11) is 0. The molecule has 3 rings (SSSR count). The first-order chi connectivity index (χ1) is 10.7. The molecule has 0 spiro atoms. The number of amides is 1. The SMILES string of the molecule is O=C(NCCc1nc(-c2ccccc2)no1)c1ccc(Br)o1. The van der Waals surface area contributed by atoms with Crippen molar-refractivity contribution in [1.82, 2.24) is 15.5 Å². The molecule has 0 saturated carbocycles. The zero-order valence-electron chi connectivity index (χ0n) is 11.5. The second-order valence-electron chi connectivity index (χ2n) is 4.49. The summed E-state index contributed by atoms with van der Waals surface area (Å²) in [5, 5.41) is 6.65. The normalized spacial score (nSPS) is 10.6. The quantitative estimate of drug-likeness (QED) is 0.755. The van der Waals surface area contributed by atoms with Crippen molar-refractivity contribution >= 4 is 21.8 Å². The molecule has 7 heteroatoms. The minimum atomic E-state index is -0.284. The number of hydrogen-bond donors (Lipinski definition) is 1. The fourth-order valence-corrected chi connectivity index (χ4v) is 2.17. The third-order valence-electron chi connectivity index (χ3n) is 2.92. The van der Waals surface area contributed by atoms with Crippen LogP contribution in [0.4, 0.5) is 0 Å². The van der Waals surface area contributed by atoms with Gasteiger partial charge < -0.3 is 14.3 Å². The van der Waals surface area contributed by atoms with Gasteiger partial charge in [-0.2, -0.15) is 4.98 Å². The van der Waals surface area contributed by atoms with E-state index in [4.69, 9.17) is 8.94 Å². The number of aromatic nitrogens is 2. The van der Waals surface area contributed by atoms with Crippen LogP contribution in [0.1, 0.15) is 16.4 Å². The Morgan fingerprint density at radius 2 is 2.00 bits per heavy atom. The van der Waals surface area contributed by atoms with E-state index in [0.717, 1.165) is 5.56 Å². The van der Waals surface area contributed by atoms with Gasteiger partial charge in [-0.1, -0.05) is 35.5 Å². The smallest absolute Gasteiger partial charge is 0.287 e. The van der Waals surface area contributed by atoms with Crippen molar-refractivity contribution in [3.05, 3.63) is 58.8 Å². The molecule has 0 aliphatic carbocycles. The summed E-state index contributed by atoms with van der Waals surface area (Å²) in [6.45, 7) is 0.383. The maximum Gasteiger partial charge on any atom is 0.287 e. The van der Waals surface area contributed by atoms with E-state index in [1.807, 2.05) is 30.3 Å². The van der Waals surface area contributed by atoms with Gasteiger partial charge in [-0.25, -0.2) is 0 Å². The third kappa shape index (κ3) is 3.43. The standard InChI is InChI=1S/C15H12BrN3O3/c16-12-7-6-11(21-12)15(20)17-9-8-13-18-14(19-22-13)10-4-2-1-3-5-10/h1-7H,8-9H2,(H,17,20). The average Bonchev–Trinajstić information content (AvgIpc) is 3.17. The van der Waals surface area contributed by atoms with Crippen LogP contribution in [0.3, 0.4) is 0 Å². The number of benzene rings is 1. The third-order valence-corrected chi connectivity index (χ3v) is 3.35. The van der Waals surface area contributed by atoms with Crippen LogP contribution in [0.15, 0.2) is 56.1 Å². The van der Waals surface area contributed by atoms with Crippen molar-refractivity contribution in [1.29, 1.82) is 0 Å². The lowest BCUT2D eigenvalue weighted by Gasteiger charge is -1.99. The van der Waals surface area contributed by atoms with E-state index in [2.05, 4.69) is 31.4 Å². The summed E-state index contributed by atoms with van der Waals surface area (Å²) in [5.74, 6) is 0.979. The lowest BCUT2D eigenvalue weighted by molar-refractivity contribution is 0.0924. The minimum Gasteiger partial charge on any atom is -0.444 e. The van der Waals surface area contributed by atoms with Crippen molar-refractivity contribution in [2.24, 2.45) is 0 Å². The van der Waals surface area contributed by atoms with Crippen molar-refractivity contribution in [3.8, 4) is 11.4 Å². The maximum absolute atomic E-state index is 11.8. The molecule has 0 unspecified atom stereocenters. The largest absolute Gasteiger partial charge is 0.444 e. The Morgan fingerprint density at radius 3 is 2.73 bits per heavy atom. The van der Waals surface area contributed by atoms with E-state index in [-0.39, 0.29) is 11.7 Å². The molecule has 0 saturated heterocycles. The number of carbonyl (C=O) groups is 1. The van der Waals surface area contributed by atoms with Gasteiger partial charge in [0, 0.05) is 18.5 Å². The second-order valence-corrected chi connectivity index (χ2v) is 5.27. The molecule has 0 aliphatic heterocycles. The van der Waals surface area contributed by atoms with Gasteiger partial charge >= 0.3 is 0 Å². The van der Waals surface area contributed by atoms with Crippen molar-refractivity contribution in [2.45, 2.75) is 6.42 Å². The average molecular weight is 362 g/mol. The molecule has 1 amide bonds. The lowest BCUT2D eigenvalue weighted by Crippen LogP contribution is -2.25. The Morgan fingerprint density at radius 1 is 1.18 bits per heavy atom. The number of rotatable bonds is 5. The summed E-state index contributed by atoms with van der Waals surface area (Å²) in [6.07, 6.45) is 0.452. The second kappa shape index (κ2) is 6.57. The van der Waals surface area contributed by atoms with Crippen LogP contribution in [0.2, 0.25) is 0 Å². The molecule has 1 N–H and O–H groups in total. The van der Waals surface area contributed by atoms with Crippen LogP contribution in [-0.4, -0.2) is 22.6 Å². The zero-order chi connectivity index (χ0) is 15.4. The van der Waals surface area contributed by atoms with Gasteiger partial charge in [0.05, 0.1) is 0 Å². The summed E-state index contributed by atoms with van der Waals surface area (Å²) in [6, 6.07) is 12.8. The number of nitrogens with zero attached hydrogens (tertiary/aromatic N) is 2. The van der Waals surface area contributed by atoms with Gasteiger partial charge in [0.25, 0.3) is 5.91 Å². The van der Waals surface area contributed by atoms with E-state index >= 15 is 0 Å². The van der Waals surface area contributed by atoms with Crippen LogP contribution in [0, 0.1) is 0 Å². The van der Waals surface area contributed by atoms with Crippen molar-refractivity contribution < 1.29 is 13.7 Å². The Balaban J connectivity index is 1.54. The summed E-state index contributed by atoms with van der Waals surface area (Å²) in [4.78, 5) is 16.1. The fourth-order valence-electron chi connectivity index (χ4n) is 1.87. The number of furan rings is 1. The zero-order valence-corrected chi connectivity index (χ0v) is 13.0. The number of hydrogen-bond acceptors (Lipinski definition) is 5. The monoisotopic (exact) mass is 361 g/mol. The number of carbonyl (C=O) groups excluding carboxylic acids is 1. The van der Waals surface area contributed by atoms with Gasteiger partial charge in [0.15, 0.2) is 10.4 Å². The first kappa shape index (κ1) is 14.5.